The zero-order valence-corrected chi connectivity index (χ0v) is 22.4. The summed E-state index contributed by atoms with van der Waals surface area (Å²) in [5, 5.41) is 11.4. The first kappa shape index (κ1) is 27.6. The summed E-state index contributed by atoms with van der Waals surface area (Å²) in [6.07, 6.45) is 5.39. The Labute approximate surface area is 221 Å². The number of hydrogen-bond acceptors (Lipinski definition) is 5. The topological polar surface area (TPSA) is 108 Å². The largest absolute Gasteiger partial charge is 0.497 e. The van der Waals surface area contributed by atoms with E-state index in [1.165, 1.54) is 16.9 Å². The second-order valence-corrected chi connectivity index (χ2v) is 14.1. The summed E-state index contributed by atoms with van der Waals surface area (Å²) < 4.78 is 40.2. The number of rotatable bonds is 7. The normalized spacial score (nSPS) is 17.9. The molecule has 0 unspecified atom stereocenters. The molecule has 2 aliphatic heterocycles. The summed E-state index contributed by atoms with van der Waals surface area (Å²) in [5.41, 5.74) is 1.36. The Hall–Kier alpha value is -3.38. The SMILES string of the molecule is COc1ccc2c(c1)CCN(C(=O)N1CC(OCC(=O)O)C1)[C@H]2C(=O)Nc1cc(F)c(S(C)(C)C)c(F)c1. The van der Waals surface area contributed by atoms with Gasteiger partial charge in [-0.05, 0) is 60.6 Å². The number of carboxylic acid groups (broad SMARTS) is 1. The van der Waals surface area contributed by atoms with Crippen molar-refractivity contribution in [2.45, 2.75) is 23.5 Å². The molecular formula is C26H31F2N3O6S. The number of fused-ring (bicyclic) bond motifs is 1. The zero-order valence-electron chi connectivity index (χ0n) is 21.6. The maximum absolute atomic E-state index is 14.8. The van der Waals surface area contributed by atoms with E-state index in [9.17, 15) is 23.2 Å². The molecule has 2 aliphatic rings. The van der Waals surface area contributed by atoms with E-state index in [2.05, 4.69) is 5.32 Å². The molecule has 2 aromatic rings. The molecule has 0 bridgehead atoms. The average molecular weight is 552 g/mol. The van der Waals surface area contributed by atoms with E-state index in [1.807, 2.05) is 0 Å². The van der Waals surface area contributed by atoms with Gasteiger partial charge in [0, 0.05) is 12.2 Å². The first-order valence-corrected chi connectivity index (χ1v) is 14.8. The lowest BCUT2D eigenvalue weighted by Gasteiger charge is -2.44. The third kappa shape index (κ3) is 5.70. The molecule has 2 heterocycles. The molecular weight excluding hydrogens is 520 g/mol. The molecule has 1 saturated heterocycles. The molecule has 1 atom stereocenters. The van der Waals surface area contributed by atoms with Gasteiger partial charge in [0.1, 0.15) is 30.0 Å². The molecule has 2 N–H and O–H groups in total. The number of ether oxygens (including phenoxy) is 2. The smallest absolute Gasteiger partial charge is 0.329 e. The first-order valence-electron chi connectivity index (χ1n) is 11.9. The van der Waals surface area contributed by atoms with Crippen LogP contribution in [0.1, 0.15) is 17.2 Å². The van der Waals surface area contributed by atoms with Gasteiger partial charge in [-0.2, -0.15) is 0 Å². The first-order chi connectivity index (χ1) is 17.9. The molecule has 0 aromatic heterocycles. The Kier molecular flexibility index (Phi) is 7.84. The fourth-order valence-electron chi connectivity index (χ4n) is 4.72. The molecule has 2 aromatic carbocycles. The predicted octanol–water partition coefficient (Wildman–Crippen LogP) is 3.47. The van der Waals surface area contributed by atoms with E-state index < -0.39 is 58.3 Å². The number of carboxylic acids is 1. The van der Waals surface area contributed by atoms with E-state index in [1.54, 1.807) is 37.0 Å². The monoisotopic (exact) mass is 551 g/mol. The molecule has 38 heavy (non-hydrogen) atoms. The van der Waals surface area contributed by atoms with Gasteiger partial charge in [-0.15, -0.1) is 0 Å². The van der Waals surface area contributed by atoms with Gasteiger partial charge >= 0.3 is 12.0 Å². The molecule has 3 amide bonds. The highest BCUT2D eigenvalue weighted by Crippen LogP contribution is 2.48. The van der Waals surface area contributed by atoms with Gasteiger partial charge in [-0.25, -0.2) is 28.4 Å². The van der Waals surface area contributed by atoms with E-state index in [4.69, 9.17) is 14.6 Å². The van der Waals surface area contributed by atoms with Crippen LogP contribution in [0.15, 0.2) is 35.2 Å². The fraction of sp³-hybridized carbons (Fsp3) is 0.423. The van der Waals surface area contributed by atoms with Gasteiger partial charge in [-0.1, -0.05) is 6.07 Å². The number of halogens is 2. The number of benzene rings is 2. The maximum atomic E-state index is 14.8. The number of likely N-dealkylation sites (tertiary alicyclic amines) is 1. The van der Waals surface area contributed by atoms with Crippen molar-refractivity contribution in [1.82, 2.24) is 9.80 Å². The molecule has 206 valence electrons. The molecule has 9 nitrogen and oxygen atoms in total. The Morgan fingerprint density at radius 3 is 2.34 bits per heavy atom. The van der Waals surface area contributed by atoms with Crippen molar-refractivity contribution in [2.75, 3.05) is 57.4 Å². The third-order valence-corrected chi connectivity index (χ3v) is 8.13. The van der Waals surface area contributed by atoms with Gasteiger partial charge < -0.3 is 29.7 Å². The van der Waals surface area contributed by atoms with Crippen molar-refractivity contribution >= 4 is 33.6 Å². The van der Waals surface area contributed by atoms with E-state index >= 15 is 0 Å². The molecule has 12 heteroatoms. The highest BCUT2D eigenvalue weighted by Gasteiger charge is 2.42. The van der Waals surface area contributed by atoms with Crippen LogP contribution in [0.25, 0.3) is 0 Å². The van der Waals surface area contributed by atoms with Crippen molar-refractivity contribution < 1.29 is 37.7 Å². The lowest BCUT2D eigenvalue weighted by molar-refractivity contribution is -0.147. The van der Waals surface area contributed by atoms with Crippen molar-refractivity contribution in [3.63, 3.8) is 0 Å². The summed E-state index contributed by atoms with van der Waals surface area (Å²) in [6.45, 7) is 0.154. The highest BCUT2D eigenvalue weighted by molar-refractivity contribution is 8.32. The van der Waals surface area contributed by atoms with Crippen molar-refractivity contribution in [3.05, 3.63) is 53.1 Å². The van der Waals surface area contributed by atoms with Crippen molar-refractivity contribution in [2.24, 2.45) is 0 Å². The van der Waals surface area contributed by atoms with Gasteiger partial charge in [0.15, 0.2) is 0 Å². The minimum Gasteiger partial charge on any atom is -0.497 e. The van der Waals surface area contributed by atoms with Crippen LogP contribution in [0, 0.1) is 11.6 Å². The Bertz CT molecular complexity index is 1240. The Balaban J connectivity index is 1.59. The number of amides is 3. The standard InChI is InChI=1S/C26H31F2N3O6S/c1-36-17-5-6-19-15(9-17)7-8-31(26(35)30-12-18(13-30)37-14-22(32)33)23(19)25(34)29-16-10-20(27)24(21(28)11-16)38(2,3)4/h5-6,9-11,18,23H,7-8,12-14H2,1-4H3,(H,29,34)(H,32,33)/t23-/m1/s1. The van der Waals surface area contributed by atoms with E-state index in [0.29, 0.717) is 17.7 Å². The van der Waals surface area contributed by atoms with Gasteiger partial charge in [-0.3, -0.25) is 4.79 Å². The van der Waals surface area contributed by atoms with Crippen molar-refractivity contribution in [3.8, 4) is 5.75 Å². The summed E-state index contributed by atoms with van der Waals surface area (Å²) in [6, 6.07) is 5.92. The van der Waals surface area contributed by atoms with Crippen molar-refractivity contribution in [1.29, 1.82) is 0 Å². The summed E-state index contributed by atoms with van der Waals surface area (Å²) >= 11 is 0. The summed E-state index contributed by atoms with van der Waals surface area (Å²) in [5.74, 6) is -2.58. The highest BCUT2D eigenvalue weighted by atomic mass is 32.3. The zero-order chi connectivity index (χ0) is 27.8. The summed E-state index contributed by atoms with van der Waals surface area (Å²) in [7, 11) is -0.161. The number of anilines is 1. The molecule has 0 spiro atoms. The van der Waals surface area contributed by atoms with Crippen LogP contribution in [-0.4, -0.2) is 91.0 Å². The van der Waals surface area contributed by atoms with Crippen LogP contribution >= 0.6 is 10.0 Å². The van der Waals surface area contributed by atoms with Gasteiger partial charge in [0.2, 0.25) is 0 Å². The Morgan fingerprint density at radius 2 is 1.76 bits per heavy atom. The number of nitrogens with zero attached hydrogens (tertiary/aromatic N) is 2. The predicted molar refractivity (Wildman–Crippen MR) is 139 cm³/mol. The summed E-state index contributed by atoms with van der Waals surface area (Å²) in [4.78, 5) is 40.6. The third-order valence-electron chi connectivity index (χ3n) is 6.51. The minimum atomic E-state index is -1.69. The van der Waals surface area contributed by atoms with Crippen LogP contribution in [0.5, 0.6) is 5.75 Å². The van der Waals surface area contributed by atoms with Crippen LogP contribution < -0.4 is 10.1 Å². The molecule has 4 rings (SSSR count). The number of nitrogens with one attached hydrogen (secondary N) is 1. The lowest BCUT2D eigenvalue weighted by atomic mass is 9.91. The van der Waals surface area contributed by atoms with Crippen LogP contribution in [0.2, 0.25) is 0 Å². The number of methoxy groups -OCH3 is 1. The maximum Gasteiger partial charge on any atom is 0.329 e. The second kappa shape index (κ2) is 10.8. The molecule has 0 aliphatic carbocycles. The quantitative estimate of drug-likeness (QED) is 0.546. The molecule has 1 fully saturated rings. The van der Waals surface area contributed by atoms with Crippen LogP contribution in [0.4, 0.5) is 19.3 Å². The Morgan fingerprint density at radius 1 is 1.11 bits per heavy atom. The fourth-order valence-corrected chi connectivity index (χ4v) is 6.01. The van der Waals surface area contributed by atoms with Gasteiger partial charge in [0.25, 0.3) is 5.91 Å². The number of hydrogen-bond donors (Lipinski definition) is 2. The number of carbonyl (C=O) groups is 3. The number of aliphatic carboxylic acids is 1. The molecule has 0 saturated carbocycles. The van der Waals surface area contributed by atoms with E-state index in [0.717, 1.165) is 17.7 Å². The van der Waals surface area contributed by atoms with Crippen LogP contribution in [0.3, 0.4) is 0 Å². The van der Waals surface area contributed by atoms with Crippen LogP contribution in [-0.2, 0) is 20.7 Å². The molecule has 0 radical (unpaired) electrons. The number of carbonyl (C=O) groups excluding carboxylic acids is 2. The average Bonchev–Trinajstić information content (AvgIpc) is 2.80. The number of urea groups is 1. The minimum absolute atomic E-state index is 0.000125. The second-order valence-electron chi connectivity index (χ2n) is 10.0. The lowest BCUT2D eigenvalue weighted by Crippen LogP contribution is -2.60. The van der Waals surface area contributed by atoms with E-state index in [-0.39, 0.29) is 30.2 Å². The van der Waals surface area contributed by atoms with Gasteiger partial charge in [0.05, 0.1) is 31.2 Å².